The van der Waals surface area contributed by atoms with Crippen LogP contribution in [0.5, 0.6) is 0 Å². The fourth-order valence-electron chi connectivity index (χ4n) is 7.24. The highest BCUT2D eigenvalue weighted by molar-refractivity contribution is 5.77. The van der Waals surface area contributed by atoms with Gasteiger partial charge in [0, 0.05) is 48.9 Å². The SMILES string of the molecule is CCOC(=O)C1C(N2CCC([C@@H]3CCCN3C(=O)CCc3ccccn3)CC2)CC12CCNC2. The first-order valence-corrected chi connectivity index (χ1v) is 13.4. The van der Waals surface area contributed by atoms with Gasteiger partial charge in [-0.3, -0.25) is 19.5 Å². The first kappa shape index (κ1) is 23.7. The van der Waals surface area contributed by atoms with Crippen molar-refractivity contribution in [1.29, 1.82) is 0 Å². The summed E-state index contributed by atoms with van der Waals surface area (Å²) in [6.07, 6.45) is 9.73. The van der Waals surface area contributed by atoms with Crippen LogP contribution in [-0.2, 0) is 20.7 Å². The Morgan fingerprint density at radius 3 is 2.74 bits per heavy atom. The van der Waals surface area contributed by atoms with Crippen LogP contribution in [0.25, 0.3) is 0 Å². The van der Waals surface area contributed by atoms with Crippen LogP contribution in [0.4, 0.5) is 0 Å². The number of aromatic nitrogens is 1. The maximum absolute atomic E-state index is 13.1. The van der Waals surface area contributed by atoms with Gasteiger partial charge >= 0.3 is 5.97 Å². The summed E-state index contributed by atoms with van der Waals surface area (Å²) in [7, 11) is 0. The Kier molecular flexibility index (Phi) is 7.21. The Balaban J connectivity index is 1.15. The predicted octanol–water partition coefficient (Wildman–Crippen LogP) is 2.65. The van der Waals surface area contributed by atoms with Crippen molar-refractivity contribution < 1.29 is 14.3 Å². The van der Waals surface area contributed by atoms with Crippen molar-refractivity contribution in [3.8, 4) is 0 Å². The number of aryl methyl sites for hydroxylation is 1. The molecule has 3 aliphatic heterocycles. The smallest absolute Gasteiger partial charge is 0.311 e. The molecule has 1 saturated carbocycles. The number of esters is 1. The molecule has 1 N–H and O–H groups in total. The number of ether oxygens (including phenoxy) is 1. The quantitative estimate of drug-likeness (QED) is 0.620. The average molecular weight is 469 g/mol. The fourth-order valence-corrected chi connectivity index (χ4v) is 7.24. The Labute approximate surface area is 203 Å². The molecule has 34 heavy (non-hydrogen) atoms. The topological polar surface area (TPSA) is 74.8 Å². The number of piperidine rings is 1. The summed E-state index contributed by atoms with van der Waals surface area (Å²) in [6.45, 7) is 7.27. The van der Waals surface area contributed by atoms with E-state index in [0.29, 0.717) is 31.0 Å². The zero-order valence-corrected chi connectivity index (χ0v) is 20.6. The number of hydrogen-bond donors (Lipinski definition) is 1. The third kappa shape index (κ3) is 4.61. The van der Waals surface area contributed by atoms with E-state index in [2.05, 4.69) is 20.1 Å². The van der Waals surface area contributed by atoms with Gasteiger partial charge in [0.25, 0.3) is 0 Å². The van der Waals surface area contributed by atoms with E-state index in [1.54, 1.807) is 6.20 Å². The van der Waals surface area contributed by atoms with Crippen molar-refractivity contribution in [2.24, 2.45) is 17.3 Å². The molecular formula is C27H40N4O3. The first-order valence-electron chi connectivity index (χ1n) is 13.4. The molecule has 4 aliphatic rings. The van der Waals surface area contributed by atoms with Gasteiger partial charge in [0.2, 0.25) is 5.91 Å². The highest BCUT2D eigenvalue weighted by Gasteiger charge is 2.60. The summed E-state index contributed by atoms with van der Waals surface area (Å²) in [4.78, 5) is 35.0. The predicted molar refractivity (Wildman–Crippen MR) is 130 cm³/mol. The van der Waals surface area contributed by atoms with E-state index in [4.69, 9.17) is 4.74 Å². The Morgan fingerprint density at radius 1 is 1.18 bits per heavy atom. The molecule has 7 nitrogen and oxygen atoms in total. The molecule has 4 atom stereocenters. The number of pyridine rings is 1. The van der Waals surface area contributed by atoms with Crippen molar-refractivity contribution in [2.45, 2.75) is 70.4 Å². The summed E-state index contributed by atoms with van der Waals surface area (Å²) in [5.41, 5.74) is 1.10. The molecule has 4 heterocycles. The number of nitrogens with one attached hydrogen (secondary N) is 1. The summed E-state index contributed by atoms with van der Waals surface area (Å²) in [6, 6.07) is 6.60. The van der Waals surface area contributed by atoms with Crippen LogP contribution in [0, 0.1) is 17.3 Å². The second kappa shape index (κ2) is 10.3. The number of carbonyl (C=O) groups excluding carboxylic acids is 2. The normalized spacial score (nSPS) is 32.1. The largest absolute Gasteiger partial charge is 0.466 e. The molecule has 5 rings (SSSR count). The summed E-state index contributed by atoms with van der Waals surface area (Å²) in [5, 5.41) is 3.48. The van der Waals surface area contributed by atoms with E-state index < -0.39 is 0 Å². The maximum atomic E-state index is 13.1. The van der Waals surface area contributed by atoms with Gasteiger partial charge in [-0.25, -0.2) is 0 Å². The van der Waals surface area contributed by atoms with Crippen LogP contribution >= 0.6 is 0 Å². The number of hydrogen-bond acceptors (Lipinski definition) is 6. The monoisotopic (exact) mass is 468 g/mol. The lowest BCUT2D eigenvalue weighted by atomic mass is 9.55. The molecule has 0 radical (unpaired) electrons. The number of likely N-dealkylation sites (tertiary alicyclic amines) is 2. The molecular weight excluding hydrogens is 428 g/mol. The van der Waals surface area contributed by atoms with Crippen LogP contribution in [0.2, 0.25) is 0 Å². The minimum Gasteiger partial charge on any atom is -0.466 e. The molecule has 0 aromatic carbocycles. The summed E-state index contributed by atoms with van der Waals surface area (Å²) < 4.78 is 5.51. The van der Waals surface area contributed by atoms with Gasteiger partial charge in [0.1, 0.15) is 0 Å². The van der Waals surface area contributed by atoms with E-state index in [-0.39, 0.29) is 23.2 Å². The second-order valence-corrected chi connectivity index (χ2v) is 10.8. The van der Waals surface area contributed by atoms with Gasteiger partial charge in [-0.1, -0.05) is 6.07 Å². The highest BCUT2D eigenvalue weighted by Crippen LogP contribution is 2.54. The lowest BCUT2D eigenvalue weighted by Crippen LogP contribution is -2.64. The Hall–Kier alpha value is -1.99. The Morgan fingerprint density at radius 2 is 2.03 bits per heavy atom. The van der Waals surface area contributed by atoms with Crippen molar-refractivity contribution in [2.75, 3.05) is 39.3 Å². The molecule has 3 saturated heterocycles. The van der Waals surface area contributed by atoms with Crippen molar-refractivity contribution >= 4 is 11.9 Å². The molecule has 1 amide bonds. The van der Waals surface area contributed by atoms with Crippen molar-refractivity contribution in [1.82, 2.24) is 20.1 Å². The number of rotatable bonds is 7. The molecule has 4 fully saturated rings. The lowest BCUT2D eigenvalue weighted by molar-refractivity contribution is -0.171. The maximum Gasteiger partial charge on any atom is 0.311 e. The molecule has 3 unspecified atom stereocenters. The first-order chi connectivity index (χ1) is 16.6. The Bertz CT molecular complexity index is 849. The van der Waals surface area contributed by atoms with Gasteiger partial charge in [0.15, 0.2) is 0 Å². The van der Waals surface area contributed by atoms with Gasteiger partial charge in [-0.15, -0.1) is 0 Å². The molecule has 1 aromatic rings. The molecule has 1 spiro atoms. The minimum absolute atomic E-state index is 0.00467. The molecule has 0 bridgehead atoms. The zero-order valence-electron chi connectivity index (χ0n) is 20.6. The molecule has 186 valence electrons. The van der Waals surface area contributed by atoms with Crippen LogP contribution in [-0.4, -0.2) is 78.1 Å². The number of carbonyl (C=O) groups is 2. The van der Waals surface area contributed by atoms with Crippen LogP contribution in [0.3, 0.4) is 0 Å². The van der Waals surface area contributed by atoms with Gasteiger partial charge < -0.3 is 15.0 Å². The van der Waals surface area contributed by atoms with Crippen LogP contribution < -0.4 is 5.32 Å². The van der Waals surface area contributed by atoms with Crippen molar-refractivity contribution in [3.63, 3.8) is 0 Å². The van der Waals surface area contributed by atoms with Gasteiger partial charge in [-0.05, 0) is 89.6 Å². The lowest BCUT2D eigenvalue weighted by Gasteiger charge is -2.56. The number of nitrogens with zero attached hydrogens (tertiary/aromatic N) is 3. The molecule has 7 heteroatoms. The van der Waals surface area contributed by atoms with E-state index in [9.17, 15) is 9.59 Å². The second-order valence-electron chi connectivity index (χ2n) is 10.8. The summed E-state index contributed by atoms with van der Waals surface area (Å²) in [5.74, 6) is 0.869. The van der Waals surface area contributed by atoms with Crippen LogP contribution in [0.15, 0.2) is 24.4 Å². The third-order valence-electron chi connectivity index (χ3n) is 9.01. The van der Waals surface area contributed by atoms with E-state index in [1.165, 1.54) is 0 Å². The van der Waals surface area contributed by atoms with Gasteiger partial charge in [0.05, 0.1) is 12.5 Å². The third-order valence-corrected chi connectivity index (χ3v) is 9.01. The van der Waals surface area contributed by atoms with Gasteiger partial charge in [-0.2, -0.15) is 0 Å². The van der Waals surface area contributed by atoms with E-state index >= 15 is 0 Å². The highest BCUT2D eigenvalue weighted by atomic mass is 16.5. The molecule has 1 aliphatic carbocycles. The fraction of sp³-hybridized carbons (Fsp3) is 0.741. The molecule has 1 aromatic heterocycles. The van der Waals surface area contributed by atoms with E-state index in [1.807, 2.05) is 25.1 Å². The average Bonchev–Trinajstić information content (AvgIpc) is 3.53. The van der Waals surface area contributed by atoms with E-state index in [0.717, 1.165) is 83.4 Å². The zero-order chi connectivity index (χ0) is 23.5. The standard InChI is InChI=1S/C27H40N4O3/c1-2-34-26(33)25-23(18-27(25)12-14-28-19-27)30-16-10-20(11-17-30)22-7-5-15-31(22)24(32)9-8-21-6-3-4-13-29-21/h3-4,6,13,20,22-23,25,28H,2,5,7-12,14-19H2,1H3/t22-,23?,25?,27?/m0/s1. The minimum atomic E-state index is 0.00467. The van der Waals surface area contributed by atoms with Crippen LogP contribution in [0.1, 0.15) is 57.6 Å². The van der Waals surface area contributed by atoms with Crippen molar-refractivity contribution in [3.05, 3.63) is 30.1 Å². The number of amides is 1. The summed E-state index contributed by atoms with van der Waals surface area (Å²) >= 11 is 0.